The molecule has 0 heterocycles. The third kappa shape index (κ3) is 4.99. The second-order valence-electron chi connectivity index (χ2n) is 5.58. The molecule has 2 rings (SSSR count). The highest BCUT2D eigenvalue weighted by Crippen LogP contribution is 2.18. The van der Waals surface area contributed by atoms with Gasteiger partial charge in [-0.1, -0.05) is 26.0 Å². The van der Waals surface area contributed by atoms with E-state index >= 15 is 0 Å². The van der Waals surface area contributed by atoms with E-state index in [2.05, 4.69) is 43.4 Å². The third-order valence-electron chi connectivity index (χ3n) is 3.56. The number of hydrogen-bond acceptors (Lipinski definition) is 3. The van der Waals surface area contributed by atoms with Crippen LogP contribution in [0.2, 0.25) is 0 Å². The summed E-state index contributed by atoms with van der Waals surface area (Å²) < 4.78 is 10.8. The standard InChI is InChI=1S/C19H25NO2/c1-15(2)16-5-7-17(8-6-16)20-13-4-14-22-19-11-9-18(21-3)10-12-19/h5-12,15,20H,4,13-14H2,1-3H3. The van der Waals surface area contributed by atoms with Crippen molar-refractivity contribution < 1.29 is 9.47 Å². The van der Waals surface area contributed by atoms with Crippen molar-refractivity contribution in [2.75, 3.05) is 25.6 Å². The van der Waals surface area contributed by atoms with Gasteiger partial charge in [-0.15, -0.1) is 0 Å². The van der Waals surface area contributed by atoms with Gasteiger partial charge >= 0.3 is 0 Å². The second-order valence-corrected chi connectivity index (χ2v) is 5.58. The lowest BCUT2D eigenvalue weighted by molar-refractivity contribution is 0.314. The first-order chi connectivity index (χ1) is 10.7. The van der Waals surface area contributed by atoms with Crippen LogP contribution in [-0.4, -0.2) is 20.3 Å². The molecular formula is C19H25NO2. The van der Waals surface area contributed by atoms with E-state index < -0.39 is 0 Å². The van der Waals surface area contributed by atoms with E-state index in [0.29, 0.717) is 12.5 Å². The molecular weight excluding hydrogens is 274 g/mol. The van der Waals surface area contributed by atoms with Crippen LogP contribution in [0, 0.1) is 0 Å². The smallest absolute Gasteiger partial charge is 0.119 e. The van der Waals surface area contributed by atoms with Crippen LogP contribution in [0.5, 0.6) is 11.5 Å². The molecule has 2 aromatic carbocycles. The van der Waals surface area contributed by atoms with Crippen LogP contribution in [0.3, 0.4) is 0 Å². The predicted molar refractivity (Wildman–Crippen MR) is 92.1 cm³/mol. The Morgan fingerprint density at radius 1 is 0.909 bits per heavy atom. The highest BCUT2D eigenvalue weighted by molar-refractivity contribution is 5.45. The van der Waals surface area contributed by atoms with Gasteiger partial charge in [-0.2, -0.15) is 0 Å². The fraction of sp³-hybridized carbons (Fsp3) is 0.368. The van der Waals surface area contributed by atoms with E-state index in [9.17, 15) is 0 Å². The maximum Gasteiger partial charge on any atom is 0.119 e. The fourth-order valence-electron chi connectivity index (χ4n) is 2.15. The van der Waals surface area contributed by atoms with Crippen LogP contribution in [0.1, 0.15) is 31.7 Å². The Bertz CT molecular complexity index is 547. The minimum Gasteiger partial charge on any atom is -0.497 e. The minimum absolute atomic E-state index is 0.576. The van der Waals surface area contributed by atoms with Gasteiger partial charge in [0, 0.05) is 12.2 Å². The molecule has 0 unspecified atom stereocenters. The number of nitrogens with one attached hydrogen (secondary N) is 1. The molecule has 0 fully saturated rings. The average molecular weight is 299 g/mol. The number of benzene rings is 2. The maximum atomic E-state index is 5.70. The molecule has 0 saturated carbocycles. The Kier molecular flexibility index (Phi) is 6.13. The van der Waals surface area contributed by atoms with Crippen molar-refractivity contribution in [2.45, 2.75) is 26.2 Å². The van der Waals surface area contributed by atoms with E-state index in [1.165, 1.54) is 5.56 Å². The average Bonchev–Trinajstić information content (AvgIpc) is 2.55. The van der Waals surface area contributed by atoms with E-state index in [1.54, 1.807) is 7.11 Å². The van der Waals surface area contributed by atoms with E-state index in [-0.39, 0.29) is 0 Å². The van der Waals surface area contributed by atoms with Gasteiger partial charge in [0.2, 0.25) is 0 Å². The summed E-state index contributed by atoms with van der Waals surface area (Å²) in [5.74, 6) is 2.30. The molecule has 3 nitrogen and oxygen atoms in total. The van der Waals surface area contributed by atoms with Gasteiger partial charge in [-0.3, -0.25) is 0 Å². The predicted octanol–water partition coefficient (Wildman–Crippen LogP) is 4.70. The van der Waals surface area contributed by atoms with Crippen molar-refractivity contribution >= 4 is 5.69 Å². The molecule has 0 aromatic heterocycles. The van der Waals surface area contributed by atoms with E-state index in [4.69, 9.17) is 9.47 Å². The first-order valence-corrected chi connectivity index (χ1v) is 7.79. The van der Waals surface area contributed by atoms with E-state index in [0.717, 1.165) is 30.2 Å². The Labute approximate surface area is 133 Å². The van der Waals surface area contributed by atoms with E-state index in [1.807, 2.05) is 24.3 Å². The number of ether oxygens (including phenoxy) is 2. The molecule has 118 valence electrons. The summed E-state index contributed by atoms with van der Waals surface area (Å²) in [7, 11) is 1.66. The van der Waals surface area contributed by atoms with Crippen LogP contribution in [0.4, 0.5) is 5.69 Å². The lowest BCUT2D eigenvalue weighted by atomic mass is 10.0. The Balaban J connectivity index is 1.66. The van der Waals surface area contributed by atoms with Gasteiger partial charge in [0.25, 0.3) is 0 Å². The highest BCUT2D eigenvalue weighted by Gasteiger charge is 1.99. The second kappa shape index (κ2) is 8.32. The zero-order valence-electron chi connectivity index (χ0n) is 13.6. The van der Waals surface area contributed by atoms with Gasteiger partial charge in [0.05, 0.1) is 13.7 Å². The number of anilines is 1. The summed E-state index contributed by atoms with van der Waals surface area (Å²) in [5.41, 5.74) is 2.53. The maximum absolute atomic E-state index is 5.70. The largest absolute Gasteiger partial charge is 0.497 e. The molecule has 0 atom stereocenters. The van der Waals surface area contributed by atoms with Gasteiger partial charge < -0.3 is 14.8 Å². The Morgan fingerprint density at radius 2 is 1.55 bits per heavy atom. The molecule has 0 spiro atoms. The monoisotopic (exact) mass is 299 g/mol. The molecule has 0 amide bonds. The highest BCUT2D eigenvalue weighted by atomic mass is 16.5. The molecule has 1 N–H and O–H groups in total. The fourth-order valence-corrected chi connectivity index (χ4v) is 2.15. The molecule has 0 aliphatic carbocycles. The van der Waals surface area contributed by atoms with Gasteiger partial charge in [-0.05, 0) is 54.3 Å². The molecule has 3 heteroatoms. The molecule has 0 aliphatic rings. The third-order valence-corrected chi connectivity index (χ3v) is 3.56. The summed E-state index contributed by atoms with van der Waals surface area (Å²) in [4.78, 5) is 0. The summed E-state index contributed by atoms with van der Waals surface area (Å²) >= 11 is 0. The summed E-state index contributed by atoms with van der Waals surface area (Å²) in [6.07, 6.45) is 0.956. The zero-order valence-corrected chi connectivity index (χ0v) is 13.6. The number of methoxy groups -OCH3 is 1. The summed E-state index contributed by atoms with van der Waals surface area (Å²) in [5, 5.41) is 3.42. The molecule has 0 radical (unpaired) electrons. The lowest BCUT2D eigenvalue weighted by Crippen LogP contribution is -2.07. The van der Waals surface area contributed by atoms with Crippen molar-refractivity contribution in [1.82, 2.24) is 0 Å². The van der Waals surface area contributed by atoms with Crippen LogP contribution < -0.4 is 14.8 Å². The Hall–Kier alpha value is -2.16. The van der Waals surface area contributed by atoms with Crippen molar-refractivity contribution in [3.8, 4) is 11.5 Å². The van der Waals surface area contributed by atoms with Crippen LogP contribution >= 0.6 is 0 Å². The minimum atomic E-state index is 0.576. The van der Waals surface area contributed by atoms with Crippen molar-refractivity contribution in [3.05, 3.63) is 54.1 Å². The molecule has 2 aromatic rings. The topological polar surface area (TPSA) is 30.5 Å². The normalized spacial score (nSPS) is 10.5. The first-order valence-electron chi connectivity index (χ1n) is 7.79. The summed E-state index contributed by atoms with van der Waals surface area (Å²) in [6.45, 7) is 6.01. The Morgan fingerprint density at radius 3 is 2.14 bits per heavy atom. The molecule has 0 saturated heterocycles. The quantitative estimate of drug-likeness (QED) is 0.717. The van der Waals surface area contributed by atoms with Crippen LogP contribution in [0.15, 0.2) is 48.5 Å². The first kappa shape index (κ1) is 16.2. The number of hydrogen-bond donors (Lipinski definition) is 1. The summed E-state index contributed by atoms with van der Waals surface area (Å²) in [6, 6.07) is 16.3. The van der Waals surface area contributed by atoms with Crippen molar-refractivity contribution in [3.63, 3.8) is 0 Å². The molecule has 0 bridgehead atoms. The van der Waals surface area contributed by atoms with Gasteiger partial charge in [0.1, 0.15) is 11.5 Å². The SMILES string of the molecule is COc1ccc(OCCCNc2ccc(C(C)C)cc2)cc1. The number of rotatable bonds is 8. The van der Waals surface area contributed by atoms with Gasteiger partial charge in [0.15, 0.2) is 0 Å². The molecule has 22 heavy (non-hydrogen) atoms. The lowest BCUT2D eigenvalue weighted by Gasteiger charge is -2.10. The van der Waals surface area contributed by atoms with Crippen LogP contribution in [-0.2, 0) is 0 Å². The molecule has 0 aliphatic heterocycles. The zero-order chi connectivity index (χ0) is 15.8. The van der Waals surface area contributed by atoms with Gasteiger partial charge in [-0.25, -0.2) is 0 Å². The van der Waals surface area contributed by atoms with Crippen LogP contribution in [0.25, 0.3) is 0 Å². The van der Waals surface area contributed by atoms with Crippen molar-refractivity contribution in [1.29, 1.82) is 0 Å². The van der Waals surface area contributed by atoms with Crippen molar-refractivity contribution in [2.24, 2.45) is 0 Å².